The number of likely N-dealkylation sites (tertiary alicyclic amines) is 1. The molecule has 0 amide bonds. The number of anilines is 3. The largest absolute Gasteiger partial charge is 0.419 e. The molecule has 3 heterocycles. The third-order valence-electron chi connectivity index (χ3n) is 6.40. The molecule has 2 aromatic rings. The highest BCUT2D eigenvalue weighted by Crippen LogP contribution is 2.48. The summed E-state index contributed by atoms with van der Waals surface area (Å²) in [6.07, 6.45) is -3.68. The molecule has 3 aliphatic rings. The molecular formula is C22H23F4N3O. The van der Waals surface area contributed by atoms with Gasteiger partial charge in [-0.1, -0.05) is 6.07 Å². The molecule has 1 fully saturated rings. The van der Waals surface area contributed by atoms with Crippen LogP contribution in [0.5, 0.6) is 0 Å². The first-order valence-corrected chi connectivity index (χ1v) is 10.2. The number of benzene rings is 2. The van der Waals surface area contributed by atoms with Crippen LogP contribution in [0.3, 0.4) is 0 Å². The van der Waals surface area contributed by atoms with Gasteiger partial charge in [0.2, 0.25) is 0 Å². The molecule has 2 atom stereocenters. The molecule has 0 bridgehead atoms. The minimum atomic E-state index is -4.74. The van der Waals surface area contributed by atoms with Crippen LogP contribution in [0.2, 0.25) is 0 Å². The van der Waals surface area contributed by atoms with Crippen molar-refractivity contribution in [2.24, 2.45) is 0 Å². The summed E-state index contributed by atoms with van der Waals surface area (Å²) in [6, 6.07) is 7.55. The first kappa shape index (κ1) is 19.6. The number of alkyl halides is 3. The molecule has 0 unspecified atom stereocenters. The van der Waals surface area contributed by atoms with E-state index in [0.29, 0.717) is 30.9 Å². The van der Waals surface area contributed by atoms with Crippen molar-refractivity contribution in [3.63, 3.8) is 0 Å². The van der Waals surface area contributed by atoms with Gasteiger partial charge in [0.1, 0.15) is 0 Å². The van der Waals surface area contributed by atoms with Crippen LogP contribution in [0.4, 0.5) is 34.6 Å². The second-order valence-electron chi connectivity index (χ2n) is 8.33. The molecule has 1 saturated heterocycles. The molecule has 0 aliphatic carbocycles. The molecule has 0 saturated carbocycles. The third kappa shape index (κ3) is 3.22. The van der Waals surface area contributed by atoms with Crippen LogP contribution in [-0.2, 0) is 17.5 Å². The lowest BCUT2D eigenvalue weighted by Gasteiger charge is -2.37. The normalized spacial score (nSPS) is 23.7. The van der Waals surface area contributed by atoms with E-state index in [1.165, 1.54) is 23.4 Å². The van der Waals surface area contributed by atoms with Gasteiger partial charge in [-0.3, -0.25) is 0 Å². The first-order chi connectivity index (χ1) is 14.3. The molecule has 4 nitrogen and oxygen atoms in total. The Morgan fingerprint density at radius 1 is 1.17 bits per heavy atom. The number of rotatable bonds is 2. The average molecular weight is 421 g/mol. The molecule has 30 heavy (non-hydrogen) atoms. The predicted octanol–water partition coefficient (Wildman–Crippen LogP) is 4.73. The highest BCUT2D eigenvalue weighted by molar-refractivity contribution is 5.74. The van der Waals surface area contributed by atoms with Crippen LogP contribution in [0.25, 0.3) is 0 Å². The van der Waals surface area contributed by atoms with Crippen molar-refractivity contribution in [3.05, 3.63) is 52.8 Å². The lowest BCUT2D eigenvalue weighted by Crippen LogP contribution is -2.45. The Kier molecular flexibility index (Phi) is 4.67. The summed E-state index contributed by atoms with van der Waals surface area (Å²) in [7, 11) is 2.11. The zero-order valence-electron chi connectivity index (χ0n) is 16.6. The summed E-state index contributed by atoms with van der Waals surface area (Å²) in [4.78, 5) is 4.74. The summed E-state index contributed by atoms with van der Waals surface area (Å²) in [5.74, 6) is -0.965. The van der Waals surface area contributed by atoms with Gasteiger partial charge in [0, 0.05) is 42.0 Å². The van der Waals surface area contributed by atoms with Gasteiger partial charge in [0.25, 0.3) is 0 Å². The third-order valence-corrected chi connectivity index (χ3v) is 6.40. The van der Waals surface area contributed by atoms with E-state index < -0.39 is 17.6 Å². The van der Waals surface area contributed by atoms with Gasteiger partial charge in [-0.25, -0.2) is 4.39 Å². The van der Waals surface area contributed by atoms with Crippen molar-refractivity contribution < 1.29 is 22.3 Å². The number of nitrogens with zero attached hydrogens (tertiary/aromatic N) is 2. The molecule has 3 aliphatic heterocycles. The first-order valence-electron chi connectivity index (χ1n) is 10.2. The van der Waals surface area contributed by atoms with Crippen LogP contribution in [0, 0.1) is 5.82 Å². The summed E-state index contributed by atoms with van der Waals surface area (Å²) < 4.78 is 59.6. The lowest BCUT2D eigenvalue weighted by molar-refractivity contribution is -0.139. The zero-order chi connectivity index (χ0) is 21.0. The monoisotopic (exact) mass is 421 g/mol. The molecule has 2 aromatic carbocycles. The Hall–Kier alpha value is -2.32. The molecule has 8 heteroatoms. The smallest absolute Gasteiger partial charge is 0.375 e. The van der Waals surface area contributed by atoms with Gasteiger partial charge < -0.3 is 19.9 Å². The second kappa shape index (κ2) is 7.13. The van der Waals surface area contributed by atoms with Crippen LogP contribution in [0.15, 0.2) is 30.3 Å². The van der Waals surface area contributed by atoms with E-state index >= 15 is 0 Å². The number of fused-ring (bicyclic) bond motifs is 3. The quantitative estimate of drug-likeness (QED) is 0.710. The van der Waals surface area contributed by atoms with Crippen LogP contribution in [-0.4, -0.2) is 44.2 Å². The van der Waals surface area contributed by atoms with Crippen molar-refractivity contribution >= 4 is 17.1 Å². The second-order valence-corrected chi connectivity index (χ2v) is 8.33. The topological polar surface area (TPSA) is 27.7 Å². The van der Waals surface area contributed by atoms with Crippen molar-refractivity contribution in [1.82, 2.24) is 4.90 Å². The van der Waals surface area contributed by atoms with Crippen molar-refractivity contribution in [1.29, 1.82) is 0 Å². The molecule has 0 aromatic heterocycles. The van der Waals surface area contributed by atoms with E-state index in [1.54, 1.807) is 0 Å². The molecule has 5 rings (SSSR count). The summed E-state index contributed by atoms with van der Waals surface area (Å²) in [5, 5.41) is 2.89. The van der Waals surface area contributed by atoms with Crippen molar-refractivity contribution in [2.75, 3.05) is 43.5 Å². The van der Waals surface area contributed by atoms with Gasteiger partial charge >= 0.3 is 6.18 Å². The SMILES string of the molecule is CN1CC[C@H]2[C@@H](C1)c1cc(Nc3cccc(C(F)(F)F)c3F)cc3c1N2CCOC3. The standard InChI is InChI=1S/C22H23F4N3O/c1-28-6-5-19-16(11-28)15-10-14(9-13-12-30-8-7-29(19)21(13)15)27-18-4-2-3-17(20(18)23)22(24,25)26/h2-4,9-10,16,19,27H,5-8,11-12H2,1H3/t16-,19-/m0/s1. The zero-order valence-corrected chi connectivity index (χ0v) is 16.6. The predicted molar refractivity (Wildman–Crippen MR) is 107 cm³/mol. The minimum Gasteiger partial charge on any atom is -0.375 e. The van der Waals surface area contributed by atoms with E-state index in [4.69, 9.17) is 4.74 Å². The number of nitrogens with one attached hydrogen (secondary N) is 1. The Morgan fingerprint density at radius 2 is 2.00 bits per heavy atom. The molecule has 0 spiro atoms. The van der Waals surface area contributed by atoms with E-state index in [9.17, 15) is 17.6 Å². The van der Waals surface area contributed by atoms with Gasteiger partial charge in [0.15, 0.2) is 5.82 Å². The minimum absolute atomic E-state index is 0.182. The lowest BCUT2D eigenvalue weighted by atomic mass is 9.88. The van der Waals surface area contributed by atoms with Crippen LogP contribution >= 0.6 is 0 Å². The summed E-state index contributed by atoms with van der Waals surface area (Å²) >= 11 is 0. The molecule has 0 radical (unpaired) electrons. The van der Waals surface area contributed by atoms with E-state index in [2.05, 4.69) is 22.2 Å². The maximum Gasteiger partial charge on any atom is 0.419 e. The van der Waals surface area contributed by atoms with Gasteiger partial charge in [0.05, 0.1) is 24.5 Å². The molecule has 1 N–H and O–H groups in total. The highest BCUT2D eigenvalue weighted by atomic mass is 19.4. The Bertz CT molecular complexity index is 978. The fourth-order valence-electron chi connectivity index (χ4n) is 5.11. The van der Waals surface area contributed by atoms with E-state index in [-0.39, 0.29) is 5.69 Å². The molecular weight excluding hydrogens is 398 g/mol. The number of halogens is 4. The number of likely N-dealkylation sites (N-methyl/N-ethyl adjacent to an activating group) is 1. The number of hydrogen-bond acceptors (Lipinski definition) is 4. The number of ether oxygens (including phenoxy) is 1. The Balaban J connectivity index is 1.55. The Labute approximate surface area is 172 Å². The Morgan fingerprint density at radius 3 is 2.80 bits per heavy atom. The number of piperidine rings is 1. The van der Waals surface area contributed by atoms with E-state index in [0.717, 1.165) is 37.7 Å². The maximum atomic E-state index is 14.5. The van der Waals surface area contributed by atoms with Gasteiger partial charge in [-0.05, 0) is 49.8 Å². The van der Waals surface area contributed by atoms with Crippen molar-refractivity contribution in [3.8, 4) is 0 Å². The summed E-state index contributed by atoms with van der Waals surface area (Å²) in [5.41, 5.74) is 2.49. The van der Waals surface area contributed by atoms with Crippen molar-refractivity contribution in [2.45, 2.75) is 31.2 Å². The highest BCUT2D eigenvalue weighted by Gasteiger charge is 2.43. The van der Waals surface area contributed by atoms with Crippen LogP contribution in [0.1, 0.15) is 29.0 Å². The maximum absolute atomic E-state index is 14.5. The fourth-order valence-corrected chi connectivity index (χ4v) is 5.11. The van der Waals surface area contributed by atoms with Gasteiger partial charge in [-0.2, -0.15) is 13.2 Å². The molecule has 160 valence electrons. The number of hydrogen-bond donors (Lipinski definition) is 1. The van der Waals surface area contributed by atoms with Gasteiger partial charge in [-0.15, -0.1) is 0 Å². The summed E-state index contributed by atoms with van der Waals surface area (Å²) in [6.45, 7) is 3.87. The van der Waals surface area contributed by atoms with E-state index in [1.807, 2.05) is 12.1 Å². The average Bonchev–Trinajstić information content (AvgIpc) is 2.83. The fraction of sp³-hybridized carbons (Fsp3) is 0.455. The van der Waals surface area contributed by atoms with Crippen LogP contribution < -0.4 is 10.2 Å².